The van der Waals surface area contributed by atoms with Crippen molar-refractivity contribution in [1.82, 2.24) is 10.3 Å². The zero-order chi connectivity index (χ0) is 9.68. The monoisotopic (exact) mass is 208 g/mol. The van der Waals surface area contributed by atoms with E-state index in [0.717, 1.165) is 5.01 Å². The lowest BCUT2D eigenvalue weighted by molar-refractivity contribution is -0.00340. The Kier molecular flexibility index (Phi) is 4.20. The molecule has 0 aliphatic carbocycles. The van der Waals surface area contributed by atoms with Gasteiger partial charge in [-0.3, -0.25) is 0 Å². The Morgan fingerprint density at radius 3 is 2.92 bits per heavy atom. The van der Waals surface area contributed by atoms with Crippen LogP contribution in [0, 0.1) is 0 Å². The van der Waals surface area contributed by atoms with Crippen LogP contribution in [-0.2, 0) is 6.54 Å². The summed E-state index contributed by atoms with van der Waals surface area (Å²) in [5, 5.41) is 14.0. The molecule has 1 heterocycles. The number of alkyl halides is 2. The maximum absolute atomic E-state index is 11.8. The standard InChI is InChI=1S/C7H10F2N2OS/c8-7(9)5(12)3-10-4-6-11-1-2-13-6/h1-2,5,7,10,12H,3-4H2. The Hall–Kier alpha value is -0.590. The van der Waals surface area contributed by atoms with E-state index >= 15 is 0 Å². The fourth-order valence-electron chi connectivity index (χ4n) is 0.756. The van der Waals surface area contributed by atoms with Gasteiger partial charge in [0.25, 0.3) is 6.43 Å². The van der Waals surface area contributed by atoms with Crippen LogP contribution < -0.4 is 5.32 Å². The second-order valence-electron chi connectivity index (χ2n) is 2.46. The quantitative estimate of drug-likeness (QED) is 0.754. The average Bonchev–Trinajstić information content (AvgIpc) is 2.56. The molecule has 0 bridgehead atoms. The van der Waals surface area contributed by atoms with Crippen molar-refractivity contribution in [3.05, 3.63) is 16.6 Å². The van der Waals surface area contributed by atoms with Gasteiger partial charge in [-0.1, -0.05) is 0 Å². The highest BCUT2D eigenvalue weighted by Gasteiger charge is 2.15. The van der Waals surface area contributed by atoms with Gasteiger partial charge in [-0.25, -0.2) is 13.8 Å². The van der Waals surface area contributed by atoms with E-state index in [9.17, 15) is 8.78 Å². The maximum Gasteiger partial charge on any atom is 0.265 e. The zero-order valence-corrected chi connectivity index (χ0v) is 7.60. The topological polar surface area (TPSA) is 45.1 Å². The number of thiazole rings is 1. The molecule has 3 nitrogen and oxygen atoms in total. The van der Waals surface area contributed by atoms with Crippen molar-refractivity contribution < 1.29 is 13.9 Å². The van der Waals surface area contributed by atoms with Crippen LogP contribution in [0.4, 0.5) is 8.78 Å². The van der Waals surface area contributed by atoms with Crippen molar-refractivity contribution in [2.75, 3.05) is 6.54 Å². The first-order valence-electron chi connectivity index (χ1n) is 3.75. The van der Waals surface area contributed by atoms with Crippen LogP contribution in [0.3, 0.4) is 0 Å². The van der Waals surface area contributed by atoms with Crippen LogP contribution in [-0.4, -0.2) is 29.2 Å². The highest BCUT2D eigenvalue weighted by molar-refractivity contribution is 7.09. The zero-order valence-electron chi connectivity index (χ0n) is 6.78. The summed E-state index contributed by atoms with van der Waals surface area (Å²) >= 11 is 1.44. The van der Waals surface area contributed by atoms with Crippen LogP contribution in [0.1, 0.15) is 5.01 Å². The number of aliphatic hydroxyl groups excluding tert-OH is 1. The second kappa shape index (κ2) is 5.21. The molecule has 0 spiro atoms. The van der Waals surface area contributed by atoms with E-state index in [-0.39, 0.29) is 6.54 Å². The first-order valence-corrected chi connectivity index (χ1v) is 4.63. The Bertz CT molecular complexity index is 230. The SMILES string of the molecule is OC(CNCc1nccs1)C(F)F. The number of aromatic nitrogens is 1. The van der Waals surface area contributed by atoms with E-state index in [4.69, 9.17) is 5.11 Å². The highest BCUT2D eigenvalue weighted by atomic mass is 32.1. The van der Waals surface area contributed by atoms with Gasteiger partial charge in [-0.05, 0) is 0 Å². The van der Waals surface area contributed by atoms with Gasteiger partial charge in [0, 0.05) is 24.7 Å². The van der Waals surface area contributed by atoms with E-state index in [0.29, 0.717) is 6.54 Å². The molecule has 1 atom stereocenters. The lowest BCUT2D eigenvalue weighted by atomic mass is 10.4. The van der Waals surface area contributed by atoms with Crippen LogP contribution in [0.25, 0.3) is 0 Å². The minimum Gasteiger partial charge on any atom is -0.386 e. The highest BCUT2D eigenvalue weighted by Crippen LogP contribution is 2.03. The number of halogens is 2. The minimum atomic E-state index is -2.69. The Morgan fingerprint density at radius 1 is 1.62 bits per heavy atom. The third kappa shape index (κ3) is 3.75. The van der Waals surface area contributed by atoms with Crippen LogP contribution >= 0.6 is 11.3 Å². The van der Waals surface area contributed by atoms with Crippen molar-refractivity contribution in [2.24, 2.45) is 0 Å². The molecule has 0 aromatic carbocycles. The van der Waals surface area contributed by atoms with E-state index in [1.807, 2.05) is 0 Å². The maximum atomic E-state index is 11.8. The summed E-state index contributed by atoms with van der Waals surface area (Å²) in [5.41, 5.74) is 0. The molecule has 0 aliphatic rings. The van der Waals surface area contributed by atoms with Crippen LogP contribution in [0.2, 0.25) is 0 Å². The molecule has 0 radical (unpaired) electrons. The number of hydrogen-bond donors (Lipinski definition) is 2. The summed E-state index contributed by atoms with van der Waals surface area (Å²) in [6.45, 7) is 0.304. The number of rotatable bonds is 5. The molecule has 1 aromatic heterocycles. The smallest absolute Gasteiger partial charge is 0.265 e. The first-order chi connectivity index (χ1) is 6.20. The molecule has 0 fully saturated rings. The largest absolute Gasteiger partial charge is 0.386 e. The minimum absolute atomic E-state index is 0.114. The Labute approximate surface area is 78.4 Å². The molecule has 0 amide bonds. The lowest BCUT2D eigenvalue weighted by Crippen LogP contribution is -2.31. The molecular formula is C7H10F2N2OS. The summed E-state index contributed by atoms with van der Waals surface area (Å²) in [6, 6.07) is 0. The number of nitrogens with one attached hydrogen (secondary N) is 1. The van der Waals surface area contributed by atoms with Gasteiger partial charge in [0.05, 0.1) is 0 Å². The Balaban J connectivity index is 2.14. The van der Waals surface area contributed by atoms with Gasteiger partial charge in [-0.15, -0.1) is 11.3 Å². The van der Waals surface area contributed by atoms with Gasteiger partial charge >= 0.3 is 0 Å². The number of aliphatic hydroxyl groups is 1. The van der Waals surface area contributed by atoms with Gasteiger partial charge < -0.3 is 10.4 Å². The molecule has 2 N–H and O–H groups in total. The number of hydrogen-bond acceptors (Lipinski definition) is 4. The molecule has 74 valence electrons. The van der Waals surface area contributed by atoms with Crippen LogP contribution in [0.15, 0.2) is 11.6 Å². The fourth-order valence-corrected chi connectivity index (χ4v) is 1.34. The van der Waals surface area contributed by atoms with Gasteiger partial charge in [0.15, 0.2) is 0 Å². The fraction of sp³-hybridized carbons (Fsp3) is 0.571. The van der Waals surface area contributed by atoms with E-state index < -0.39 is 12.5 Å². The van der Waals surface area contributed by atoms with Gasteiger partial charge in [0.2, 0.25) is 0 Å². The predicted molar refractivity (Wildman–Crippen MR) is 45.8 cm³/mol. The molecule has 6 heteroatoms. The molecular weight excluding hydrogens is 198 g/mol. The summed E-state index contributed by atoms with van der Waals surface area (Å²) < 4.78 is 23.6. The molecule has 0 aliphatic heterocycles. The molecule has 13 heavy (non-hydrogen) atoms. The summed E-state index contributed by atoms with van der Waals surface area (Å²) in [6.07, 6.45) is -2.64. The molecule has 0 saturated heterocycles. The third-order valence-corrected chi connectivity index (χ3v) is 2.18. The first kappa shape index (κ1) is 10.5. The second-order valence-corrected chi connectivity index (χ2v) is 3.44. The third-order valence-electron chi connectivity index (χ3n) is 1.40. The predicted octanol–water partition coefficient (Wildman–Crippen LogP) is 0.859. The molecule has 1 aromatic rings. The van der Waals surface area contributed by atoms with E-state index in [1.54, 1.807) is 11.6 Å². The van der Waals surface area contributed by atoms with Crippen LogP contribution in [0.5, 0.6) is 0 Å². The summed E-state index contributed by atoms with van der Waals surface area (Å²) in [7, 11) is 0. The summed E-state index contributed by atoms with van der Waals surface area (Å²) in [5.74, 6) is 0. The van der Waals surface area contributed by atoms with Crippen molar-refractivity contribution in [2.45, 2.75) is 19.1 Å². The van der Waals surface area contributed by atoms with Gasteiger partial charge in [0.1, 0.15) is 11.1 Å². The normalized spacial score (nSPS) is 13.5. The van der Waals surface area contributed by atoms with Crippen molar-refractivity contribution in [1.29, 1.82) is 0 Å². The molecule has 1 rings (SSSR count). The van der Waals surface area contributed by atoms with E-state index in [2.05, 4.69) is 10.3 Å². The van der Waals surface area contributed by atoms with E-state index in [1.165, 1.54) is 11.3 Å². The van der Waals surface area contributed by atoms with Crippen molar-refractivity contribution in [3.63, 3.8) is 0 Å². The molecule has 1 unspecified atom stereocenters. The Morgan fingerprint density at radius 2 is 2.38 bits per heavy atom. The molecule has 0 saturated carbocycles. The number of nitrogens with zero attached hydrogens (tertiary/aromatic N) is 1. The van der Waals surface area contributed by atoms with Crippen molar-refractivity contribution in [3.8, 4) is 0 Å². The lowest BCUT2D eigenvalue weighted by Gasteiger charge is -2.08. The van der Waals surface area contributed by atoms with Crippen molar-refractivity contribution >= 4 is 11.3 Å². The average molecular weight is 208 g/mol. The summed E-state index contributed by atoms with van der Waals surface area (Å²) in [4.78, 5) is 3.94. The van der Waals surface area contributed by atoms with Gasteiger partial charge in [-0.2, -0.15) is 0 Å².